The van der Waals surface area contributed by atoms with Gasteiger partial charge in [-0.25, -0.2) is 9.37 Å². The molecule has 0 saturated carbocycles. The highest BCUT2D eigenvalue weighted by atomic mass is 19.1. The van der Waals surface area contributed by atoms with Crippen LogP contribution in [0.25, 0.3) is 5.76 Å². The van der Waals surface area contributed by atoms with Crippen LogP contribution in [0.15, 0.2) is 48.6 Å². The molecule has 8 nitrogen and oxygen atoms in total. The number of rotatable bonds is 6. The molecule has 0 radical (unpaired) electrons. The number of aliphatic hydroxyl groups is 1. The molecule has 0 aliphatic carbocycles. The summed E-state index contributed by atoms with van der Waals surface area (Å²) in [7, 11) is 1.73. The Balaban J connectivity index is 1.79. The third-order valence-electron chi connectivity index (χ3n) is 5.82. The molecule has 32 heavy (non-hydrogen) atoms. The predicted molar refractivity (Wildman–Crippen MR) is 115 cm³/mol. The Kier molecular flexibility index (Phi) is 5.65. The Morgan fingerprint density at radius 2 is 2.00 bits per heavy atom. The Morgan fingerprint density at radius 3 is 2.62 bits per heavy atom. The Morgan fingerprint density at radius 1 is 1.22 bits per heavy atom. The fraction of sp³-hybridized carbons (Fsp3) is 0.304. The molecule has 0 spiro atoms. The van der Waals surface area contributed by atoms with Gasteiger partial charge in [-0.2, -0.15) is 5.10 Å². The van der Waals surface area contributed by atoms with Crippen molar-refractivity contribution in [3.8, 4) is 0 Å². The number of carbonyl (C=O) groups excluding carboxylic acids is 2. The van der Waals surface area contributed by atoms with Crippen LogP contribution in [-0.4, -0.2) is 47.6 Å². The second kappa shape index (κ2) is 8.41. The summed E-state index contributed by atoms with van der Waals surface area (Å²) < 4.78 is 17.5. The number of aliphatic hydroxyl groups excluding tert-OH is 1. The van der Waals surface area contributed by atoms with Crippen molar-refractivity contribution < 1.29 is 19.1 Å². The quantitative estimate of drug-likeness (QED) is 0.364. The maximum atomic E-state index is 14.1. The van der Waals surface area contributed by atoms with E-state index in [1.807, 2.05) is 10.8 Å². The molecular weight excluding hydrogens is 413 g/mol. The molecule has 0 unspecified atom stereocenters. The monoisotopic (exact) mass is 437 g/mol. The summed E-state index contributed by atoms with van der Waals surface area (Å²) in [6.45, 7) is 4.35. The first-order chi connectivity index (χ1) is 15.3. The van der Waals surface area contributed by atoms with Crippen LogP contribution >= 0.6 is 0 Å². The average Bonchev–Trinajstić information content (AvgIpc) is 3.42. The zero-order valence-corrected chi connectivity index (χ0v) is 18.1. The first-order valence-electron chi connectivity index (χ1n) is 10.3. The van der Waals surface area contributed by atoms with Crippen LogP contribution in [0.5, 0.6) is 0 Å². The minimum atomic E-state index is -0.896. The Bertz CT molecular complexity index is 1210. The molecule has 0 bridgehead atoms. The van der Waals surface area contributed by atoms with Crippen LogP contribution < -0.4 is 0 Å². The number of aryl methyl sites for hydroxylation is 3. The highest BCUT2D eigenvalue weighted by Gasteiger charge is 2.46. The number of hydrogen-bond donors (Lipinski definition) is 1. The van der Waals surface area contributed by atoms with Crippen molar-refractivity contribution in [3.05, 3.63) is 76.9 Å². The lowest BCUT2D eigenvalue weighted by molar-refractivity contribution is -0.139. The maximum Gasteiger partial charge on any atom is 0.295 e. The van der Waals surface area contributed by atoms with E-state index in [9.17, 15) is 19.1 Å². The van der Waals surface area contributed by atoms with Gasteiger partial charge in [-0.05, 0) is 38.0 Å². The van der Waals surface area contributed by atoms with E-state index in [0.29, 0.717) is 35.5 Å². The molecule has 1 atom stereocenters. The largest absolute Gasteiger partial charge is 0.507 e. The summed E-state index contributed by atoms with van der Waals surface area (Å²) in [6, 6.07) is 4.86. The van der Waals surface area contributed by atoms with Crippen molar-refractivity contribution in [3.63, 3.8) is 0 Å². The van der Waals surface area contributed by atoms with E-state index in [4.69, 9.17) is 0 Å². The second-order valence-electron chi connectivity index (χ2n) is 7.87. The zero-order valence-electron chi connectivity index (χ0n) is 18.1. The lowest BCUT2D eigenvalue weighted by Gasteiger charge is -2.25. The van der Waals surface area contributed by atoms with Gasteiger partial charge in [0.15, 0.2) is 0 Å². The van der Waals surface area contributed by atoms with Crippen molar-refractivity contribution in [1.82, 2.24) is 24.2 Å². The van der Waals surface area contributed by atoms with Gasteiger partial charge in [0.25, 0.3) is 11.7 Å². The molecule has 166 valence electrons. The fourth-order valence-corrected chi connectivity index (χ4v) is 4.23. The molecule has 1 aromatic carbocycles. The van der Waals surface area contributed by atoms with Crippen LogP contribution in [0.2, 0.25) is 0 Å². The highest BCUT2D eigenvalue weighted by Crippen LogP contribution is 2.40. The van der Waals surface area contributed by atoms with E-state index in [2.05, 4.69) is 10.1 Å². The first-order valence-corrected chi connectivity index (χ1v) is 10.3. The summed E-state index contributed by atoms with van der Waals surface area (Å²) in [4.78, 5) is 31.5. The number of benzene rings is 1. The van der Waals surface area contributed by atoms with E-state index < -0.39 is 23.5 Å². The highest BCUT2D eigenvalue weighted by molar-refractivity contribution is 6.46. The van der Waals surface area contributed by atoms with E-state index in [1.54, 1.807) is 44.2 Å². The Hall–Kier alpha value is -3.75. The number of halogens is 1. The van der Waals surface area contributed by atoms with Crippen molar-refractivity contribution in [2.45, 2.75) is 32.9 Å². The number of Topliss-reactive ketones (excluding diaryl/α,β-unsaturated/α-hetero) is 1. The van der Waals surface area contributed by atoms with Crippen molar-refractivity contribution in [2.75, 3.05) is 6.54 Å². The molecule has 1 amide bonds. The van der Waals surface area contributed by atoms with Gasteiger partial charge in [0.05, 0.1) is 29.2 Å². The summed E-state index contributed by atoms with van der Waals surface area (Å²) in [5.41, 5.74) is 1.97. The zero-order chi connectivity index (χ0) is 23.0. The van der Waals surface area contributed by atoms with Gasteiger partial charge < -0.3 is 14.6 Å². The maximum absolute atomic E-state index is 14.1. The van der Waals surface area contributed by atoms with Gasteiger partial charge >= 0.3 is 0 Å². The summed E-state index contributed by atoms with van der Waals surface area (Å²) in [6.07, 6.45) is 5.70. The third-order valence-corrected chi connectivity index (χ3v) is 5.82. The smallest absolute Gasteiger partial charge is 0.295 e. The van der Waals surface area contributed by atoms with Gasteiger partial charge in [0.1, 0.15) is 11.6 Å². The molecule has 9 heteroatoms. The van der Waals surface area contributed by atoms with Crippen molar-refractivity contribution in [1.29, 1.82) is 0 Å². The van der Waals surface area contributed by atoms with Gasteiger partial charge in [-0.15, -0.1) is 0 Å². The number of likely N-dealkylation sites (tertiary alicyclic amines) is 1. The van der Waals surface area contributed by atoms with E-state index in [0.717, 1.165) is 0 Å². The molecule has 1 saturated heterocycles. The minimum absolute atomic E-state index is 0.0533. The molecular formula is C23H24FN5O3. The summed E-state index contributed by atoms with van der Waals surface area (Å²) >= 11 is 0. The minimum Gasteiger partial charge on any atom is -0.507 e. The van der Waals surface area contributed by atoms with Gasteiger partial charge in [-0.1, -0.05) is 12.1 Å². The van der Waals surface area contributed by atoms with Crippen LogP contribution in [0.4, 0.5) is 4.39 Å². The molecule has 3 heterocycles. The van der Waals surface area contributed by atoms with Gasteiger partial charge in [0, 0.05) is 38.2 Å². The lowest BCUT2D eigenvalue weighted by atomic mass is 9.94. The SMILES string of the molecule is Cc1nn(C)c(C)c1/C(O)=C1\C(=O)C(=O)N(CCCn2ccnc2)[C@H]1c1cccc(F)c1. The summed E-state index contributed by atoms with van der Waals surface area (Å²) in [5.74, 6) is -2.29. The molecule has 3 aromatic rings. The predicted octanol–water partition coefficient (Wildman–Crippen LogP) is 2.88. The van der Waals surface area contributed by atoms with Crippen LogP contribution in [0.3, 0.4) is 0 Å². The number of ketones is 1. The Labute approximate surface area is 184 Å². The first kappa shape index (κ1) is 21.5. The number of hydrogen-bond acceptors (Lipinski definition) is 5. The number of imidazole rings is 1. The van der Waals surface area contributed by atoms with E-state index in [1.165, 1.54) is 23.1 Å². The van der Waals surface area contributed by atoms with Crippen LogP contribution in [0.1, 0.15) is 35.0 Å². The van der Waals surface area contributed by atoms with Gasteiger partial charge in [-0.3, -0.25) is 14.3 Å². The van der Waals surface area contributed by atoms with E-state index in [-0.39, 0.29) is 17.9 Å². The normalized spacial score (nSPS) is 18.0. The average molecular weight is 437 g/mol. The lowest BCUT2D eigenvalue weighted by Crippen LogP contribution is -2.31. The topological polar surface area (TPSA) is 93.2 Å². The fourth-order valence-electron chi connectivity index (χ4n) is 4.23. The van der Waals surface area contributed by atoms with Crippen LogP contribution in [0, 0.1) is 19.7 Å². The molecule has 2 aromatic heterocycles. The molecule has 1 fully saturated rings. The number of aromatic nitrogens is 4. The van der Waals surface area contributed by atoms with E-state index >= 15 is 0 Å². The van der Waals surface area contributed by atoms with Crippen molar-refractivity contribution >= 4 is 17.4 Å². The molecule has 4 rings (SSSR count). The molecule has 1 aliphatic heterocycles. The number of carbonyl (C=O) groups is 2. The van der Waals surface area contributed by atoms with Crippen molar-refractivity contribution in [2.24, 2.45) is 7.05 Å². The summed E-state index contributed by atoms with van der Waals surface area (Å²) in [5, 5.41) is 15.5. The number of amides is 1. The third kappa shape index (κ3) is 3.70. The standard InChI is InChI=1S/C23H24FN5O3/c1-14-18(15(2)27(3)26-14)21(30)19-20(16-6-4-7-17(24)12-16)29(23(32)22(19)31)10-5-9-28-11-8-25-13-28/h4,6-8,11-13,20,30H,5,9-10H2,1-3H3/b21-19+/t20-/m0/s1. The second-order valence-corrected chi connectivity index (χ2v) is 7.87. The van der Waals surface area contributed by atoms with Gasteiger partial charge in [0.2, 0.25) is 0 Å². The molecule has 1 N–H and O–H groups in total. The van der Waals surface area contributed by atoms with Crippen LogP contribution in [-0.2, 0) is 23.2 Å². The number of nitrogens with zero attached hydrogens (tertiary/aromatic N) is 5. The molecule has 1 aliphatic rings.